The van der Waals surface area contributed by atoms with Gasteiger partial charge in [0.1, 0.15) is 11.4 Å². The normalized spacial score (nSPS) is 13.4. The maximum Gasteiger partial charge on any atom is 0.291 e. The third-order valence-electron chi connectivity index (χ3n) is 2.61. The predicted octanol–water partition coefficient (Wildman–Crippen LogP) is 3.77. The van der Waals surface area contributed by atoms with Crippen molar-refractivity contribution in [1.29, 1.82) is 0 Å². The zero-order valence-corrected chi connectivity index (χ0v) is 12.0. The van der Waals surface area contributed by atoms with E-state index >= 15 is 0 Å². The summed E-state index contributed by atoms with van der Waals surface area (Å²) in [7, 11) is -3.22. The van der Waals surface area contributed by atoms with Gasteiger partial charge in [-0.25, -0.2) is 0 Å². The first kappa shape index (κ1) is 14.6. The number of halogens is 1. The maximum absolute atomic E-state index is 12.7. The highest BCUT2D eigenvalue weighted by molar-refractivity contribution is 7.68. The summed E-state index contributed by atoms with van der Waals surface area (Å²) in [5.74, 6) is 0.281. The second-order valence-corrected chi connectivity index (χ2v) is 6.97. The lowest BCUT2D eigenvalue weighted by molar-refractivity contribution is -0.384. The number of nitrogens with zero attached hydrogens (tertiary/aromatic N) is 1. The van der Waals surface area contributed by atoms with Gasteiger partial charge < -0.3 is 4.52 Å². The summed E-state index contributed by atoms with van der Waals surface area (Å²) in [4.78, 5) is 10.1. The Morgan fingerprint density at radius 2 is 1.70 bits per heavy atom. The molecule has 104 valence electrons. The smallest absolute Gasteiger partial charge is 0.291 e. The SMILES string of the molecule is O=[N+]([O-])c1ccc(OP(=O)(CCl)c2ccccc2)cc1. The molecule has 20 heavy (non-hydrogen) atoms. The fourth-order valence-corrected chi connectivity index (χ4v) is 3.54. The van der Waals surface area contributed by atoms with Crippen LogP contribution in [0, 0.1) is 10.1 Å². The predicted molar refractivity (Wildman–Crippen MR) is 78.1 cm³/mol. The van der Waals surface area contributed by atoms with Crippen molar-refractivity contribution in [1.82, 2.24) is 0 Å². The van der Waals surface area contributed by atoms with Crippen molar-refractivity contribution in [3.63, 3.8) is 0 Å². The second-order valence-electron chi connectivity index (χ2n) is 3.97. The minimum atomic E-state index is -3.22. The summed E-state index contributed by atoms with van der Waals surface area (Å²) in [5.41, 5.74) is -0.230. The molecular formula is C13H11ClNO4P. The average Bonchev–Trinajstić information content (AvgIpc) is 2.48. The number of non-ortho nitro benzene ring substituents is 1. The first-order valence-electron chi connectivity index (χ1n) is 5.70. The molecule has 1 unspecified atom stereocenters. The molecule has 0 aromatic heterocycles. The number of hydrogen-bond donors (Lipinski definition) is 0. The third kappa shape index (κ3) is 3.18. The van der Waals surface area contributed by atoms with Crippen molar-refractivity contribution in [3.8, 4) is 5.75 Å². The van der Waals surface area contributed by atoms with Crippen molar-refractivity contribution in [2.45, 2.75) is 0 Å². The van der Waals surface area contributed by atoms with Crippen LogP contribution in [0.2, 0.25) is 0 Å². The molecule has 0 aliphatic rings. The molecule has 0 aliphatic carbocycles. The van der Waals surface area contributed by atoms with Gasteiger partial charge in [0.2, 0.25) is 0 Å². The summed E-state index contributed by atoms with van der Waals surface area (Å²) in [5, 5.41) is 11.1. The van der Waals surface area contributed by atoms with Crippen LogP contribution in [-0.4, -0.2) is 10.5 Å². The van der Waals surface area contributed by atoms with Crippen molar-refractivity contribution in [2.24, 2.45) is 0 Å². The first-order chi connectivity index (χ1) is 9.55. The Morgan fingerprint density at radius 3 is 2.20 bits per heavy atom. The molecule has 1 atom stereocenters. The molecule has 0 spiro atoms. The highest BCUT2D eigenvalue weighted by Crippen LogP contribution is 2.47. The van der Waals surface area contributed by atoms with Crippen LogP contribution in [0.5, 0.6) is 5.75 Å². The molecule has 0 heterocycles. The highest BCUT2D eigenvalue weighted by Gasteiger charge is 2.26. The van der Waals surface area contributed by atoms with Crippen LogP contribution in [0.4, 0.5) is 5.69 Å². The molecular weight excluding hydrogens is 301 g/mol. The second kappa shape index (κ2) is 6.07. The summed E-state index contributed by atoms with van der Waals surface area (Å²) in [6.45, 7) is 0. The third-order valence-corrected chi connectivity index (χ3v) is 5.46. The van der Waals surface area contributed by atoms with E-state index in [1.807, 2.05) is 0 Å². The summed E-state index contributed by atoms with van der Waals surface area (Å²) in [6.07, 6.45) is 0. The molecule has 5 nitrogen and oxygen atoms in total. The maximum atomic E-state index is 12.7. The molecule has 0 N–H and O–H groups in total. The monoisotopic (exact) mass is 311 g/mol. The van der Waals surface area contributed by atoms with Crippen molar-refractivity contribution in [3.05, 3.63) is 64.7 Å². The molecule has 0 aliphatic heterocycles. The Morgan fingerprint density at radius 1 is 1.10 bits per heavy atom. The summed E-state index contributed by atoms with van der Waals surface area (Å²) in [6, 6.07) is 14.0. The van der Waals surface area contributed by atoms with Gasteiger partial charge in [-0.1, -0.05) is 18.2 Å². The number of nitro groups is 1. The van der Waals surface area contributed by atoms with Crippen LogP contribution in [0.15, 0.2) is 54.6 Å². The van der Waals surface area contributed by atoms with E-state index in [2.05, 4.69) is 0 Å². The van der Waals surface area contributed by atoms with Crippen LogP contribution in [0.3, 0.4) is 0 Å². The standard InChI is InChI=1S/C13H11ClNO4P/c14-10-20(18,13-4-2-1-3-5-13)19-12-8-6-11(7-9-12)15(16)17/h1-9H,10H2. The van der Waals surface area contributed by atoms with Gasteiger partial charge in [0.05, 0.1) is 4.92 Å². The molecule has 2 aromatic rings. The summed E-state index contributed by atoms with van der Waals surface area (Å²) < 4.78 is 18.2. The van der Waals surface area contributed by atoms with Gasteiger partial charge in [-0.3, -0.25) is 14.7 Å². The van der Waals surface area contributed by atoms with Gasteiger partial charge in [0, 0.05) is 17.4 Å². The van der Waals surface area contributed by atoms with Crippen LogP contribution in [-0.2, 0) is 4.57 Å². The zero-order chi connectivity index (χ0) is 14.6. The number of benzene rings is 2. The lowest BCUT2D eigenvalue weighted by Gasteiger charge is -2.17. The molecule has 0 saturated heterocycles. The van der Waals surface area contributed by atoms with E-state index in [4.69, 9.17) is 16.1 Å². The fourth-order valence-electron chi connectivity index (χ4n) is 1.60. The lowest BCUT2D eigenvalue weighted by Crippen LogP contribution is -2.10. The first-order valence-corrected chi connectivity index (χ1v) is 8.04. The van der Waals surface area contributed by atoms with Crippen LogP contribution < -0.4 is 9.83 Å². The molecule has 0 saturated carbocycles. The van der Waals surface area contributed by atoms with E-state index in [9.17, 15) is 14.7 Å². The fraction of sp³-hybridized carbons (Fsp3) is 0.0769. The van der Waals surface area contributed by atoms with Gasteiger partial charge in [-0.05, 0) is 24.3 Å². The Balaban J connectivity index is 2.26. The molecule has 2 aromatic carbocycles. The van der Waals surface area contributed by atoms with E-state index in [1.54, 1.807) is 30.3 Å². The van der Waals surface area contributed by atoms with Gasteiger partial charge in [0.15, 0.2) is 0 Å². The van der Waals surface area contributed by atoms with E-state index in [1.165, 1.54) is 24.3 Å². The Bertz CT molecular complexity index is 645. The highest BCUT2D eigenvalue weighted by atomic mass is 35.5. The minimum Gasteiger partial charge on any atom is -0.439 e. The van der Waals surface area contributed by atoms with Crippen molar-refractivity contribution < 1.29 is 14.0 Å². The molecule has 7 heteroatoms. The molecule has 0 radical (unpaired) electrons. The van der Waals surface area contributed by atoms with Gasteiger partial charge >= 0.3 is 0 Å². The molecule has 0 amide bonds. The quantitative estimate of drug-likeness (QED) is 0.365. The average molecular weight is 312 g/mol. The van der Waals surface area contributed by atoms with E-state index in [0.717, 1.165) is 0 Å². The summed E-state index contributed by atoms with van der Waals surface area (Å²) >= 11 is 5.78. The van der Waals surface area contributed by atoms with Crippen molar-refractivity contribution >= 4 is 30.0 Å². The lowest BCUT2D eigenvalue weighted by atomic mass is 10.3. The molecule has 0 fully saturated rings. The topological polar surface area (TPSA) is 69.4 Å². The zero-order valence-electron chi connectivity index (χ0n) is 10.3. The molecule has 0 bridgehead atoms. The van der Waals surface area contributed by atoms with Gasteiger partial charge in [-0.2, -0.15) is 0 Å². The number of hydrogen-bond acceptors (Lipinski definition) is 4. The van der Waals surface area contributed by atoms with E-state index in [-0.39, 0.29) is 17.1 Å². The van der Waals surface area contributed by atoms with Crippen LogP contribution in [0.1, 0.15) is 0 Å². The van der Waals surface area contributed by atoms with Crippen LogP contribution in [0.25, 0.3) is 0 Å². The molecule has 2 rings (SSSR count). The Labute approximate surface area is 120 Å². The minimum absolute atomic E-state index is 0.0576. The largest absolute Gasteiger partial charge is 0.439 e. The van der Waals surface area contributed by atoms with E-state index < -0.39 is 12.3 Å². The Hall–Kier alpha value is -1.84. The number of rotatable bonds is 5. The van der Waals surface area contributed by atoms with Crippen LogP contribution >= 0.6 is 19.0 Å². The Kier molecular flexibility index (Phi) is 4.42. The number of nitro benzene ring substituents is 1. The van der Waals surface area contributed by atoms with E-state index in [0.29, 0.717) is 5.30 Å². The van der Waals surface area contributed by atoms with Crippen molar-refractivity contribution in [2.75, 3.05) is 5.62 Å². The van der Waals surface area contributed by atoms with Gasteiger partial charge in [0.25, 0.3) is 13.1 Å². The van der Waals surface area contributed by atoms with Gasteiger partial charge in [-0.15, -0.1) is 11.6 Å². The number of alkyl halides is 1.